The van der Waals surface area contributed by atoms with E-state index in [9.17, 15) is 0 Å². The van der Waals surface area contributed by atoms with E-state index in [0.717, 1.165) is 44.2 Å². The molecule has 1 aromatic heterocycles. The van der Waals surface area contributed by atoms with Gasteiger partial charge in [-0.15, -0.1) is 0 Å². The van der Waals surface area contributed by atoms with Crippen LogP contribution in [-0.4, -0.2) is 29.6 Å². The Bertz CT molecular complexity index is 370. The minimum Gasteiger partial charge on any atom is -0.476 e. The topological polar surface area (TPSA) is 62.3 Å². The highest BCUT2D eigenvalue weighted by Crippen LogP contribution is 2.26. The maximum atomic E-state index is 5.98. The zero-order valence-electron chi connectivity index (χ0n) is 10.6. The lowest BCUT2D eigenvalue weighted by molar-refractivity contribution is 0.163. The van der Waals surface area contributed by atoms with Crippen molar-refractivity contribution in [3.8, 4) is 5.88 Å². The number of hydrogen-bond acceptors (Lipinski definition) is 4. The number of rotatable bonds is 5. The van der Waals surface area contributed by atoms with Gasteiger partial charge in [-0.1, -0.05) is 6.92 Å². The van der Waals surface area contributed by atoms with Crippen LogP contribution >= 0.6 is 0 Å². The molecule has 1 aliphatic heterocycles. The Morgan fingerprint density at radius 3 is 3.06 bits per heavy atom. The lowest BCUT2D eigenvalue weighted by Crippen LogP contribution is -2.14. The van der Waals surface area contributed by atoms with Crippen LogP contribution in [0.1, 0.15) is 25.5 Å². The van der Waals surface area contributed by atoms with Crippen LogP contribution in [0.15, 0.2) is 0 Å². The minimum atomic E-state index is 0.486. The Morgan fingerprint density at radius 1 is 1.59 bits per heavy atom. The van der Waals surface area contributed by atoms with E-state index in [1.807, 2.05) is 11.6 Å². The van der Waals surface area contributed by atoms with E-state index in [1.54, 1.807) is 0 Å². The molecule has 1 aromatic rings. The van der Waals surface area contributed by atoms with Crippen molar-refractivity contribution in [2.75, 3.05) is 25.6 Å². The Balaban J connectivity index is 2.02. The molecular weight excluding hydrogens is 218 g/mol. The average Bonchev–Trinajstić information content (AvgIpc) is 2.89. The normalized spacial score (nSPS) is 19.8. The smallest absolute Gasteiger partial charge is 0.236 e. The van der Waals surface area contributed by atoms with Crippen molar-refractivity contribution in [3.05, 3.63) is 5.69 Å². The molecule has 0 spiro atoms. The third-order valence-electron chi connectivity index (χ3n) is 3.04. The molecule has 96 valence electrons. The molecule has 2 heterocycles. The Hall–Kier alpha value is -1.23. The van der Waals surface area contributed by atoms with Crippen LogP contribution in [0.3, 0.4) is 0 Å². The highest BCUT2D eigenvalue weighted by Gasteiger charge is 2.19. The highest BCUT2D eigenvalue weighted by molar-refractivity contribution is 5.52. The molecule has 1 saturated heterocycles. The monoisotopic (exact) mass is 239 g/mol. The summed E-state index contributed by atoms with van der Waals surface area (Å²) < 4.78 is 13.0. The second-order valence-corrected chi connectivity index (χ2v) is 4.57. The SMILES string of the molecule is CCCn1nc(C)c(N)c1OCC1CCOC1. The van der Waals surface area contributed by atoms with Gasteiger partial charge in [-0.2, -0.15) is 5.10 Å². The number of ether oxygens (including phenoxy) is 2. The van der Waals surface area contributed by atoms with Gasteiger partial charge in [0.25, 0.3) is 0 Å². The second-order valence-electron chi connectivity index (χ2n) is 4.57. The third-order valence-corrected chi connectivity index (χ3v) is 3.04. The molecule has 0 amide bonds. The first kappa shape index (κ1) is 12.2. The molecule has 17 heavy (non-hydrogen) atoms. The number of anilines is 1. The number of aromatic nitrogens is 2. The van der Waals surface area contributed by atoms with E-state index in [4.69, 9.17) is 15.2 Å². The predicted octanol–water partition coefficient (Wildman–Crippen LogP) is 1.60. The van der Waals surface area contributed by atoms with Crippen LogP contribution in [0, 0.1) is 12.8 Å². The van der Waals surface area contributed by atoms with Crippen LogP contribution in [0.2, 0.25) is 0 Å². The van der Waals surface area contributed by atoms with Gasteiger partial charge < -0.3 is 15.2 Å². The van der Waals surface area contributed by atoms with Crippen LogP contribution in [-0.2, 0) is 11.3 Å². The van der Waals surface area contributed by atoms with Crippen molar-refractivity contribution in [1.82, 2.24) is 9.78 Å². The van der Waals surface area contributed by atoms with E-state index in [2.05, 4.69) is 12.0 Å². The Kier molecular flexibility index (Phi) is 3.89. The quantitative estimate of drug-likeness (QED) is 0.847. The Morgan fingerprint density at radius 2 is 2.41 bits per heavy atom. The van der Waals surface area contributed by atoms with E-state index >= 15 is 0 Å². The maximum absolute atomic E-state index is 5.98. The zero-order chi connectivity index (χ0) is 12.3. The average molecular weight is 239 g/mol. The van der Waals surface area contributed by atoms with Gasteiger partial charge in [0.1, 0.15) is 5.69 Å². The fourth-order valence-electron chi connectivity index (χ4n) is 2.00. The second kappa shape index (κ2) is 5.40. The predicted molar refractivity (Wildman–Crippen MR) is 66.1 cm³/mol. The number of nitrogens with zero attached hydrogens (tertiary/aromatic N) is 2. The van der Waals surface area contributed by atoms with Crippen LogP contribution in [0.5, 0.6) is 5.88 Å². The lowest BCUT2D eigenvalue weighted by Gasteiger charge is -2.12. The largest absolute Gasteiger partial charge is 0.476 e. The van der Waals surface area contributed by atoms with Gasteiger partial charge >= 0.3 is 0 Å². The van der Waals surface area contributed by atoms with Crippen molar-refractivity contribution in [2.45, 2.75) is 33.2 Å². The maximum Gasteiger partial charge on any atom is 0.236 e. The first-order valence-electron chi connectivity index (χ1n) is 6.25. The Labute approximate surface area is 102 Å². The van der Waals surface area contributed by atoms with Gasteiger partial charge in [-0.3, -0.25) is 0 Å². The number of aryl methyl sites for hydroxylation is 2. The summed E-state index contributed by atoms with van der Waals surface area (Å²) in [6.45, 7) is 7.17. The van der Waals surface area contributed by atoms with Gasteiger partial charge in [-0.25, -0.2) is 4.68 Å². The van der Waals surface area contributed by atoms with Crippen molar-refractivity contribution >= 4 is 5.69 Å². The summed E-state index contributed by atoms with van der Waals surface area (Å²) in [5, 5.41) is 4.38. The van der Waals surface area contributed by atoms with Crippen molar-refractivity contribution < 1.29 is 9.47 Å². The molecule has 0 aliphatic carbocycles. The third kappa shape index (κ3) is 2.72. The molecule has 1 atom stereocenters. The summed E-state index contributed by atoms with van der Waals surface area (Å²) in [5.41, 5.74) is 7.49. The molecule has 1 unspecified atom stereocenters. The van der Waals surface area contributed by atoms with Gasteiger partial charge in [0, 0.05) is 19.1 Å². The standard InChI is InChI=1S/C12H21N3O2/c1-3-5-15-12(11(13)9(2)14-15)17-8-10-4-6-16-7-10/h10H,3-8,13H2,1-2H3. The van der Waals surface area contributed by atoms with Gasteiger partial charge in [0.05, 0.1) is 18.9 Å². The van der Waals surface area contributed by atoms with Crippen molar-refractivity contribution in [2.24, 2.45) is 5.92 Å². The number of nitrogen functional groups attached to an aromatic ring is 1. The highest BCUT2D eigenvalue weighted by atomic mass is 16.5. The van der Waals surface area contributed by atoms with E-state index < -0.39 is 0 Å². The molecule has 5 heteroatoms. The molecule has 0 bridgehead atoms. The van der Waals surface area contributed by atoms with Crippen molar-refractivity contribution in [3.63, 3.8) is 0 Å². The van der Waals surface area contributed by atoms with E-state index in [1.165, 1.54) is 0 Å². The fraction of sp³-hybridized carbons (Fsp3) is 0.750. The summed E-state index contributed by atoms with van der Waals surface area (Å²) in [7, 11) is 0. The first-order chi connectivity index (χ1) is 8.22. The summed E-state index contributed by atoms with van der Waals surface area (Å²) in [4.78, 5) is 0. The fourth-order valence-corrected chi connectivity index (χ4v) is 2.00. The molecule has 1 fully saturated rings. The number of nitrogens with two attached hydrogens (primary N) is 1. The summed E-state index contributed by atoms with van der Waals surface area (Å²) >= 11 is 0. The van der Waals surface area contributed by atoms with E-state index in [-0.39, 0.29) is 0 Å². The van der Waals surface area contributed by atoms with Crippen molar-refractivity contribution in [1.29, 1.82) is 0 Å². The van der Waals surface area contributed by atoms with Crippen LogP contribution in [0.4, 0.5) is 5.69 Å². The van der Waals surface area contributed by atoms with Crippen LogP contribution in [0.25, 0.3) is 0 Å². The van der Waals surface area contributed by atoms with Gasteiger partial charge in [-0.05, 0) is 19.8 Å². The molecule has 5 nitrogen and oxygen atoms in total. The molecule has 2 rings (SSSR count). The summed E-state index contributed by atoms with van der Waals surface area (Å²) in [6, 6.07) is 0. The first-order valence-corrected chi connectivity index (χ1v) is 6.25. The molecular formula is C12H21N3O2. The van der Waals surface area contributed by atoms with Gasteiger partial charge in [0.15, 0.2) is 0 Å². The zero-order valence-corrected chi connectivity index (χ0v) is 10.6. The van der Waals surface area contributed by atoms with Gasteiger partial charge in [0.2, 0.25) is 5.88 Å². The molecule has 2 N–H and O–H groups in total. The van der Waals surface area contributed by atoms with E-state index in [0.29, 0.717) is 18.2 Å². The van der Waals surface area contributed by atoms with Crippen LogP contribution < -0.4 is 10.5 Å². The molecule has 0 aromatic carbocycles. The molecule has 0 saturated carbocycles. The summed E-state index contributed by atoms with van der Waals surface area (Å²) in [6.07, 6.45) is 2.09. The molecule has 1 aliphatic rings. The lowest BCUT2D eigenvalue weighted by atomic mass is 10.1. The minimum absolute atomic E-state index is 0.486. The molecule has 0 radical (unpaired) electrons. The number of hydrogen-bond donors (Lipinski definition) is 1. The summed E-state index contributed by atoms with van der Waals surface area (Å²) in [5.74, 6) is 1.20.